The van der Waals surface area contributed by atoms with Crippen LogP contribution < -0.4 is 11.1 Å². The zero-order chi connectivity index (χ0) is 15.4. The van der Waals surface area contributed by atoms with Gasteiger partial charge < -0.3 is 11.1 Å². The minimum Gasteiger partial charge on any atom is -0.330 e. The highest BCUT2D eigenvalue weighted by Crippen LogP contribution is 2.39. The first kappa shape index (κ1) is 15.9. The van der Waals surface area contributed by atoms with Crippen molar-refractivity contribution in [3.63, 3.8) is 0 Å². The average molecular weight is 318 g/mol. The third-order valence-electron chi connectivity index (χ3n) is 5.04. The fraction of sp³-hybridized carbons (Fsp3) is 0.611. The Morgan fingerprint density at radius 2 is 1.91 bits per heavy atom. The summed E-state index contributed by atoms with van der Waals surface area (Å²) in [6, 6.07) is 8.23. The number of hydrogen-bond donors (Lipinski definition) is 2. The molecule has 2 atom stereocenters. The molecular weight excluding hydrogens is 292 g/mol. The van der Waals surface area contributed by atoms with Crippen LogP contribution in [0.3, 0.4) is 0 Å². The van der Waals surface area contributed by atoms with E-state index in [0.29, 0.717) is 17.7 Å². The van der Waals surface area contributed by atoms with Gasteiger partial charge in [0.2, 0.25) is 5.91 Å². The number of amides is 1. The molecule has 22 heavy (non-hydrogen) atoms. The van der Waals surface area contributed by atoms with Crippen LogP contribution in [0.4, 0.5) is 5.69 Å². The summed E-state index contributed by atoms with van der Waals surface area (Å²) in [6.07, 6.45) is 8.46. The first-order valence-corrected chi connectivity index (χ1v) is 9.42. The third kappa shape index (κ3) is 3.66. The molecule has 3 N–H and O–H groups in total. The van der Waals surface area contributed by atoms with Gasteiger partial charge in [-0.2, -0.15) is 0 Å². The van der Waals surface area contributed by atoms with Gasteiger partial charge in [-0.1, -0.05) is 31.4 Å². The molecular formula is C18H26N2OS. The smallest absolute Gasteiger partial charge is 0.227 e. The predicted octanol–water partition coefficient (Wildman–Crippen LogP) is 4.03. The summed E-state index contributed by atoms with van der Waals surface area (Å²) in [5, 5.41) is 3.88. The molecule has 0 radical (unpaired) electrons. The quantitative estimate of drug-likeness (QED) is 0.861. The Morgan fingerprint density at radius 3 is 2.68 bits per heavy atom. The zero-order valence-electron chi connectivity index (χ0n) is 13.1. The van der Waals surface area contributed by atoms with E-state index < -0.39 is 0 Å². The summed E-state index contributed by atoms with van der Waals surface area (Å²) in [4.78, 5) is 13.8. The number of nitrogens with two attached hydrogens (primary N) is 1. The fourth-order valence-electron chi connectivity index (χ4n) is 3.75. The minimum absolute atomic E-state index is 0.0922. The van der Waals surface area contributed by atoms with Crippen LogP contribution in [0.15, 0.2) is 29.2 Å². The lowest BCUT2D eigenvalue weighted by molar-refractivity contribution is -0.120. The standard InChI is InChI=1S/C18H26N2OS/c19-12-13-6-5-9-15(13)18(21)20-16-10-3-4-11-17(16)22-14-7-1-2-8-14/h3-4,10-11,13-15H,1-2,5-9,12,19H2,(H,20,21)/t13-,15-/m1/s1. The first-order chi connectivity index (χ1) is 10.8. The van der Waals surface area contributed by atoms with Crippen molar-refractivity contribution < 1.29 is 4.79 Å². The van der Waals surface area contributed by atoms with E-state index in [1.54, 1.807) is 0 Å². The van der Waals surface area contributed by atoms with E-state index in [0.717, 1.165) is 24.9 Å². The molecule has 2 aliphatic rings. The number of carbonyl (C=O) groups excluding carboxylic acids is 1. The molecule has 0 spiro atoms. The van der Waals surface area contributed by atoms with Crippen LogP contribution in [-0.4, -0.2) is 17.7 Å². The molecule has 1 aromatic carbocycles. The van der Waals surface area contributed by atoms with Gasteiger partial charge in [0.05, 0.1) is 5.69 Å². The minimum atomic E-state index is 0.0922. The second-order valence-corrected chi connectivity index (χ2v) is 7.89. The van der Waals surface area contributed by atoms with E-state index in [4.69, 9.17) is 5.73 Å². The van der Waals surface area contributed by atoms with Crippen molar-refractivity contribution in [3.8, 4) is 0 Å². The Morgan fingerprint density at radius 1 is 1.14 bits per heavy atom. The largest absolute Gasteiger partial charge is 0.330 e. The number of nitrogens with one attached hydrogen (secondary N) is 1. The number of thioether (sulfide) groups is 1. The Labute approximate surface area is 137 Å². The Bertz CT molecular complexity index is 514. The van der Waals surface area contributed by atoms with Crippen LogP contribution in [0.5, 0.6) is 0 Å². The number of hydrogen-bond acceptors (Lipinski definition) is 3. The van der Waals surface area contributed by atoms with Gasteiger partial charge in [0.1, 0.15) is 0 Å². The van der Waals surface area contributed by atoms with Crippen molar-refractivity contribution in [2.45, 2.75) is 55.1 Å². The molecule has 0 aliphatic heterocycles. The van der Waals surface area contributed by atoms with Crippen molar-refractivity contribution in [3.05, 3.63) is 24.3 Å². The topological polar surface area (TPSA) is 55.1 Å². The molecule has 1 aromatic rings. The molecule has 2 fully saturated rings. The summed E-state index contributed by atoms with van der Waals surface area (Å²) in [5.74, 6) is 0.608. The lowest BCUT2D eigenvalue weighted by Gasteiger charge is -2.19. The van der Waals surface area contributed by atoms with Crippen LogP contribution >= 0.6 is 11.8 Å². The molecule has 2 aliphatic carbocycles. The molecule has 2 saturated carbocycles. The molecule has 120 valence electrons. The first-order valence-electron chi connectivity index (χ1n) is 8.54. The summed E-state index contributed by atoms with van der Waals surface area (Å²) in [6.45, 7) is 0.622. The Kier molecular flexibility index (Phi) is 5.42. The van der Waals surface area contributed by atoms with E-state index in [1.807, 2.05) is 23.9 Å². The van der Waals surface area contributed by atoms with Gasteiger partial charge in [0.15, 0.2) is 0 Å². The maximum atomic E-state index is 12.6. The molecule has 0 aromatic heterocycles. The lowest BCUT2D eigenvalue weighted by Crippen LogP contribution is -2.29. The lowest BCUT2D eigenvalue weighted by atomic mass is 9.95. The van der Waals surface area contributed by atoms with Crippen molar-refractivity contribution in [2.75, 3.05) is 11.9 Å². The van der Waals surface area contributed by atoms with Crippen molar-refractivity contribution in [1.29, 1.82) is 0 Å². The Hall–Kier alpha value is -1.00. The number of benzene rings is 1. The summed E-state index contributed by atoms with van der Waals surface area (Å²) >= 11 is 1.93. The van der Waals surface area contributed by atoms with Crippen LogP contribution in [0.2, 0.25) is 0 Å². The Balaban J connectivity index is 1.67. The molecule has 0 saturated heterocycles. The van der Waals surface area contributed by atoms with E-state index in [-0.39, 0.29) is 11.8 Å². The van der Waals surface area contributed by atoms with Crippen molar-refractivity contribution >= 4 is 23.4 Å². The van der Waals surface area contributed by atoms with E-state index in [2.05, 4.69) is 17.4 Å². The second kappa shape index (κ2) is 7.51. The van der Waals surface area contributed by atoms with Crippen LogP contribution in [0.25, 0.3) is 0 Å². The summed E-state index contributed by atoms with van der Waals surface area (Å²) < 4.78 is 0. The fourth-order valence-corrected chi connectivity index (χ4v) is 5.08. The SMILES string of the molecule is NC[C@H]1CCC[C@H]1C(=O)Nc1ccccc1SC1CCCC1. The number of carbonyl (C=O) groups is 1. The van der Waals surface area contributed by atoms with Gasteiger partial charge in [-0.05, 0) is 50.3 Å². The average Bonchev–Trinajstić information content (AvgIpc) is 3.20. The van der Waals surface area contributed by atoms with E-state index >= 15 is 0 Å². The highest BCUT2D eigenvalue weighted by atomic mass is 32.2. The van der Waals surface area contributed by atoms with Gasteiger partial charge in [0.25, 0.3) is 0 Å². The zero-order valence-corrected chi connectivity index (χ0v) is 13.9. The molecule has 0 unspecified atom stereocenters. The van der Waals surface area contributed by atoms with Crippen LogP contribution in [0.1, 0.15) is 44.9 Å². The van der Waals surface area contributed by atoms with E-state index in [9.17, 15) is 4.79 Å². The maximum Gasteiger partial charge on any atom is 0.227 e. The molecule has 3 rings (SSSR count). The summed E-state index contributed by atoms with van der Waals surface area (Å²) in [5.41, 5.74) is 6.79. The van der Waals surface area contributed by atoms with Crippen molar-refractivity contribution in [2.24, 2.45) is 17.6 Å². The number of rotatable bonds is 5. The normalized spacial score (nSPS) is 25.5. The molecule has 4 heteroatoms. The van der Waals surface area contributed by atoms with Gasteiger partial charge in [0, 0.05) is 16.1 Å². The predicted molar refractivity (Wildman–Crippen MR) is 93.1 cm³/mol. The monoisotopic (exact) mass is 318 g/mol. The number of para-hydroxylation sites is 1. The van der Waals surface area contributed by atoms with Gasteiger partial charge in [-0.3, -0.25) is 4.79 Å². The van der Waals surface area contributed by atoms with Gasteiger partial charge in [-0.15, -0.1) is 11.8 Å². The molecule has 1 amide bonds. The maximum absolute atomic E-state index is 12.6. The molecule has 0 heterocycles. The van der Waals surface area contributed by atoms with Crippen molar-refractivity contribution in [1.82, 2.24) is 0 Å². The summed E-state index contributed by atoms with van der Waals surface area (Å²) in [7, 11) is 0. The highest BCUT2D eigenvalue weighted by molar-refractivity contribution is 8.00. The highest BCUT2D eigenvalue weighted by Gasteiger charge is 2.32. The number of anilines is 1. The van der Waals surface area contributed by atoms with E-state index in [1.165, 1.54) is 30.6 Å². The van der Waals surface area contributed by atoms with Crippen LogP contribution in [0, 0.1) is 11.8 Å². The van der Waals surface area contributed by atoms with Crippen LogP contribution in [-0.2, 0) is 4.79 Å². The molecule has 3 nitrogen and oxygen atoms in total. The van der Waals surface area contributed by atoms with Gasteiger partial charge >= 0.3 is 0 Å². The molecule has 0 bridgehead atoms. The third-order valence-corrected chi connectivity index (χ3v) is 6.45. The van der Waals surface area contributed by atoms with Gasteiger partial charge in [-0.25, -0.2) is 0 Å². The second-order valence-electron chi connectivity index (χ2n) is 6.54.